The van der Waals surface area contributed by atoms with Crippen molar-refractivity contribution in [2.75, 3.05) is 39.9 Å². The molecular formula is C13H28N2O. The predicted molar refractivity (Wildman–Crippen MR) is 68.8 cm³/mol. The summed E-state index contributed by atoms with van der Waals surface area (Å²) in [5, 5.41) is 3.50. The van der Waals surface area contributed by atoms with Gasteiger partial charge in [-0.1, -0.05) is 20.8 Å². The first kappa shape index (κ1) is 13.9. The zero-order valence-corrected chi connectivity index (χ0v) is 11.4. The van der Waals surface area contributed by atoms with E-state index in [1.807, 2.05) is 0 Å². The third-order valence-corrected chi connectivity index (χ3v) is 3.39. The van der Waals surface area contributed by atoms with Gasteiger partial charge in [0.25, 0.3) is 0 Å². The SMILES string of the molecule is CCCNCC(COC)N1CCC(C)(C)C1. The first-order chi connectivity index (χ1) is 7.59. The molecule has 1 rings (SSSR count). The van der Waals surface area contributed by atoms with Crippen molar-refractivity contribution >= 4 is 0 Å². The van der Waals surface area contributed by atoms with Gasteiger partial charge in [0.1, 0.15) is 0 Å². The van der Waals surface area contributed by atoms with Crippen LogP contribution in [0.1, 0.15) is 33.6 Å². The summed E-state index contributed by atoms with van der Waals surface area (Å²) in [6.45, 7) is 12.3. The Labute approximate surface area is 101 Å². The van der Waals surface area contributed by atoms with E-state index in [1.54, 1.807) is 7.11 Å². The summed E-state index contributed by atoms with van der Waals surface area (Å²) >= 11 is 0. The predicted octanol–water partition coefficient (Wildman–Crippen LogP) is 1.73. The lowest BCUT2D eigenvalue weighted by Crippen LogP contribution is -2.44. The number of likely N-dealkylation sites (tertiary alicyclic amines) is 1. The molecule has 1 aliphatic rings. The average Bonchev–Trinajstić information content (AvgIpc) is 2.58. The van der Waals surface area contributed by atoms with Gasteiger partial charge in [-0.15, -0.1) is 0 Å². The molecule has 3 nitrogen and oxygen atoms in total. The fourth-order valence-electron chi connectivity index (χ4n) is 2.40. The van der Waals surface area contributed by atoms with Gasteiger partial charge in [-0.25, -0.2) is 0 Å². The number of nitrogens with zero attached hydrogens (tertiary/aromatic N) is 1. The first-order valence-electron chi connectivity index (χ1n) is 6.53. The molecule has 1 unspecified atom stereocenters. The molecule has 0 spiro atoms. The van der Waals surface area contributed by atoms with Crippen molar-refractivity contribution in [3.8, 4) is 0 Å². The van der Waals surface area contributed by atoms with E-state index in [1.165, 1.54) is 25.9 Å². The molecule has 1 saturated heterocycles. The second-order valence-electron chi connectivity index (χ2n) is 5.70. The van der Waals surface area contributed by atoms with Crippen LogP contribution in [0.25, 0.3) is 0 Å². The zero-order valence-electron chi connectivity index (χ0n) is 11.4. The van der Waals surface area contributed by atoms with Crippen molar-refractivity contribution in [1.82, 2.24) is 10.2 Å². The maximum atomic E-state index is 5.33. The van der Waals surface area contributed by atoms with Gasteiger partial charge in [0, 0.05) is 26.2 Å². The molecule has 96 valence electrons. The molecule has 16 heavy (non-hydrogen) atoms. The second kappa shape index (κ2) is 6.58. The van der Waals surface area contributed by atoms with Crippen LogP contribution in [0.4, 0.5) is 0 Å². The minimum atomic E-state index is 0.483. The number of ether oxygens (including phenoxy) is 1. The van der Waals surface area contributed by atoms with Gasteiger partial charge in [-0.2, -0.15) is 0 Å². The van der Waals surface area contributed by atoms with Crippen LogP contribution in [0.2, 0.25) is 0 Å². The molecule has 0 amide bonds. The largest absolute Gasteiger partial charge is 0.383 e. The fraction of sp³-hybridized carbons (Fsp3) is 1.00. The van der Waals surface area contributed by atoms with Gasteiger partial charge in [0.05, 0.1) is 6.61 Å². The lowest BCUT2D eigenvalue weighted by atomic mass is 9.93. The van der Waals surface area contributed by atoms with E-state index in [9.17, 15) is 0 Å². The van der Waals surface area contributed by atoms with Crippen molar-refractivity contribution in [1.29, 1.82) is 0 Å². The highest BCUT2D eigenvalue weighted by molar-refractivity contribution is 4.87. The van der Waals surface area contributed by atoms with Gasteiger partial charge < -0.3 is 10.1 Å². The van der Waals surface area contributed by atoms with E-state index < -0.39 is 0 Å². The molecule has 0 radical (unpaired) electrons. The van der Waals surface area contributed by atoms with Crippen molar-refractivity contribution in [3.63, 3.8) is 0 Å². The summed E-state index contributed by atoms with van der Waals surface area (Å²) in [4.78, 5) is 2.58. The minimum Gasteiger partial charge on any atom is -0.383 e. The summed E-state index contributed by atoms with van der Waals surface area (Å²) < 4.78 is 5.33. The van der Waals surface area contributed by atoms with Gasteiger partial charge in [0.2, 0.25) is 0 Å². The molecule has 1 atom stereocenters. The Kier molecular flexibility index (Phi) is 5.73. The van der Waals surface area contributed by atoms with E-state index in [-0.39, 0.29) is 0 Å². The Morgan fingerprint density at radius 1 is 1.44 bits per heavy atom. The van der Waals surface area contributed by atoms with Crippen molar-refractivity contribution < 1.29 is 4.74 Å². The van der Waals surface area contributed by atoms with Crippen LogP contribution in [-0.2, 0) is 4.74 Å². The van der Waals surface area contributed by atoms with E-state index in [0.29, 0.717) is 11.5 Å². The normalized spacial score (nSPS) is 22.5. The Morgan fingerprint density at radius 3 is 2.69 bits per heavy atom. The molecular weight excluding hydrogens is 200 g/mol. The molecule has 1 heterocycles. The highest BCUT2D eigenvalue weighted by atomic mass is 16.5. The number of hydrogen-bond acceptors (Lipinski definition) is 3. The van der Waals surface area contributed by atoms with Gasteiger partial charge >= 0.3 is 0 Å². The minimum absolute atomic E-state index is 0.483. The van der Waals surface area contributed by atoms with Crippen LogP contribution in [0.5, 0.6) is 0 Å². The fourth-order valence-corrected chi connectivity index (χ4v) is 2.40. The zero-order chi connectivity index (χ0) is 12.0. The number of methoxy groups -OCH3 is 1. The Bertz CT molecular complexity index is 194. The smallest absolute Gasteiger partial charge is 0.0630 e. The molecule has 1 aliphatic heterocycles. The Hall–Kier alpha value is -0.120. The third-order valence-electron chi connectivity index (χ3n) is 3.39. The summed E-state index contributed by atoms with van der Waals surface area (Å²) in [6, 6.07) is 0.540. The monoisotopic (exact) mass is 228 g/mol. The first-order valence-corrected chi connectivity index (χ1v) is 6.53. The van der Waals surface area contributed by atoms with Crippen LogP contribution < -0.4 is 5.32 Å². The topological polar surface area (TPSA) is 24.5 Å². The Balaban J connectivity index is 2.37. The van der Waals surface area contributed by atoms with Crippen molar-refractivity contribution in [3.05, 3.63) is 0 Å². The molecule has 0 aromatic rings. The standard InChI is InChI=1S/C13H28N2O/c1-5-7-14-9-12(10-16-4)15-8-6-13(2,3)11-15/h12,14H,5-11H2,1-4H3. The van der Waals surface area contributed by atoms with E-state index in [4.69, 9.17) is 4.74 Å². The van der Waals surface area contributed by atoms with E-state index >= 15 is 0 Å². The Morgan fingerprint density at radius 2 is 2.19 bits per heavy atom. The van der Waals surface area contributed by atoms with E-state index in [2.05, 4.69) is 31.0 Å². The lowest BCUT2D eigenvalue weighted by molar-refractivity contribution is 0.0983. The molecule has 1 N–H and O–H groups in total. The third kappa shape index (κ3) is 4.40. The maximum absolute atomic E-state index is 5.33. The molecule has 3 heteroatoms. The summed E-state index contributed by atoms with van der Waals surface area (Å²) in [6.07, 6.45) is 2.51. The van der Waals surface area contributed by atoms with Crippen LogP contribution >= 0.6 is 0 Å². The average molecular weight is 228 g/mol. The van der Waals surface area contributed by atoms with Crippen molar-refractivity contribution in [2.45, 2.75) is 39.7 Å². The highest BCUT2D eigenvalue weighted by Crippen LogP contribution is 2.29. The molecule has 0 aliphatic carbocycles. The van der Waals surface area contributed by atoms with Crippen LogP contribution in [0.15, 0.2) is 0 Å². The number of hydrogen-bond donors (Lipinski definition) is 1. The lowest BCUT2D eigenvalue weighted by Gasteiger charge is -2.28. The summed E-state index contributed by atoms with van der Waals surface area (Å²) in [5.74, 6) is 0. The maximum Gasteiger partial charge on any atom is 0.0630 e. The van der Waals surface area contributed by atoms with Gasteiger partial charge in [0.15, 0.2) is 0 Å². The van der Waals surface area contributed by atoms with Crippen LogP contribution in [0.3, 0.4) is 0 Å². The van der Waals surface area contributed by atoms with Crippen molar-refractivity contribution in [2.24, 2.45) is 5.41 Å². The summed E-state index contributed by atoms with van der Waals surface area (Å²) in [7, 11) is 1.80. The van der Waals surface area contributed by atoms with Crippen LogP contribution in [-0.4, -0.2) is 50.8 Å². The molecule has 0 aromatic heterocycles. The number of nitrogens with one attached hydrogen (secondary N) is 1. The highest BCUT2D eigenvalue weighted by Gasteiger charge is 2.32. The quantitative estimate of drug-likeness (QED) is 0.672. The van der Waals surface area contributed by atoms with Gasteiger partial charge in [-0.05, 0) is 31.3 Å². The second-order valence-corrected chi connectivity index (χ2v) is 5.70. The molecule has 0 aromatic carbocycles. The molecule has 0 bridgehead atoms. The van der Waals surface area contributed by atoms with Gasteiger partial charge in [-0.3, -0.25) is 4.90 Å². The van der Waals surface area contributed by atoms with E-state index in [0.717, 1.165) is 19.7 Å². The summed E-state index contributed by atoms with van der Waals surface area (Å²) in [5.41, 5.74) is 0.483. The van der Waals surface area contributed by atoms with Crippen LogP contribution in [0, 0.1) is 5.41 Å². The number of rotatable bonds is 7. The molecule has 1 fully saturated rings. The molecule has 0 saturated carbocycles.